The Morgan fingerprint density at radius 3 is 2.20 bits per heavy atom. The van der Waals surface area contributed by atoms with Gasteiger partial charge in [-0.15, -0.1) is 6.58 Å². The maximum Gasteiger partial charge on any atom is 0.0424 e. The summed E-state index contributed by atoms with van der Waals surface area (Å²) in [7, 11) is 0. The molecule has 0 fully saturated rings. The highest BCUT2D eigenvalue weighted by Crippen LogP contribution is 2.23. The lowest BCUT2D eigenvalue weighted by molar-refractivity contribution is 0.537. The van der Waals surface area contributed by atoms with Crippen LogP contribution in [-0.4, -0.2) is 6.04 Å². The van der Waals surface area contributed by atoms with E-state index in [2.05, 4.69) is 25.7 Å². The highest BCUT2D eigenvalue weighted by Gasteiger charge is 2.08. The molecule has 1 N–H and O–H groups in total. The molecule has 0 aromatic heterocycles. The Hall–Kier alpha value is -0.500. The smallest absolute Gasteiger partial charge is 0.0424 e. The van der Waals surface area contributed by atoms with Crippen molar-refractivity contribution in [1.82, 2.24) is 5.32 Å². The Morgan fingerprint density at radius 1 is 1.20 bits per heavy atom. The molecule has 3 heteroatoms. The first-order valence-electron chi connectivity index (χ1n) is 4.87. The van der Waals surface area contributed by atoms with Crippen LogP contribution in [-0.2, 0) is 0 Å². The Morgan fingerprint density at radius 2 is 1.73 bits per heavy atom. The van der Waals surface area contributed by atoms with Crippen molar-refractivity contribution in [3.63, 3.8) is 0 Å². The first kappa shape index (κ1) is 12.6. The van der Waals surface area contributed by atoms with Gasteiger partial charge in [-0.1, -0.05) is 29.3 Å². The molecule has 0 aliphatic rings. The van der Waals surface area contributed by atoms with Crippen LogP contribution in [0.3, 0.4) is 0 Å². The van der Waals surface area contributed by atoms with Crippen molar-refractivity contribution in [2.24, 2.45) is 0 Å². The standard InChI is InChI=1S/C12H15Cl2N/c1-4-8(2)15-9(3)10-5-11(13)7-12(14)6-10/h4-9,15H,1H2,2-3H3. The average Bonchev–Trinajstić information content (AvgIpc) is 2.16. The zero-order valence-corrected chi connectivity index (χ0v) is 10.4. The molecule has 0 saturated carbocycles. The summed E-state index contributed by atoms with van der Waals surface area (Å²) in [5.41, 5.74) is 1.08. The summed E-state index contributed by atoms with van der Waals surface area (Å²) in [6, 6.07) is 6.03. The summed E-state index contributed by atoms with van der Waals surface area (Å²) in [5, 5.41) is 4.69. The largest absolute Gasteiger partial charge is 0.304 e. The van der Waals surface area contributed by atoms with Crippen LogP contribution < -0.4 is 5.32 Å². The fraction of sp³-hybridized carbons (Fsp3) is 0.333. The molecule has 1 nitrogen and oxygen atoms in total. The highest BCUT2D eigenvalue weighted by molar-refractivity contribution is 6.34. The highest BCUT2D eigenvalue weighted by atomic mass is 35.5. The molecular weight excluding hydrogens is 229 g/mol. The van der Waals surface area contributed by atoms with Gasteiger partial charge < -0.3 is 5.32 Å². The molecule has 0 spiro atoms. The van der Waals surface area contributed by atoms with Crippen LogP contribution >= 0.6 is 23.2 Å². The Labute approximate surface area is 101 Å². The van der Waals surface area contributed by atoms with Crippen molar-refractivity contribution in [3.8, 4) is 0 Å². The van der Waals surface area contributed by atoms with Gasteiger partial charge in [-0.05, 0) is 37.6 Å². The van der Waals surface area contributed by atoms with E-state index in [-0.39, 0.29) is 12.1 Å². The van der Waals surface area contributed by atoms with Crippen molar-refractivity contribution in [2.75, 3.05) is 0 Å². The molecule has 1 rings (SSSR count). The van der Waals surface area contributed by atoms with Gasteiger partial charge in [0.2, 0.25) is 0 Å². The molecule has 0 bridgehead atoms. The van der Waals surface area contributed by atoms with E-state index in [9.17, 15) is 0 Å². The topological polar surface area (TPSA) is 12.0 Å². The van der Waals surface area contributed by atoms with Crippen LogP contribution in [0.2, 0.25) is 10.0 Å². The normalized spacial score (nSPS) is 14.7. The predicted molar refractivity (Wildman–Crippen MR) is 67.7 cm³/mol. The summed E-state index contributed by atoms with van der Waals surface area (Å²) in [5.74, 6) is 0. The lowest BCUT2D eigenvalue weighted by Gasteiger charge is -2.18. The zero-order chi connectivity index (χ0) is 11.4. The van der Waals surface area contributed by atoms with Gasteiger partial charge in [0.15, 0.2) is 0 Å². The number of hydrogen-bond acceptors (Lipinski definition) is 1. The molecule has 0 heterocycles. The van der Waals surface area contributed by atoms with Crippen molar-refractivity contribution in [3.05, 3.63) is 46.5 Å². The van der Waals surface area contributed by atoms with Crippen LogP contribution in [0.5, 0.6) is 0 Å². The van der Waals surface area contributed by atoms with Crippen LogP contribution in [0.1, 0.15) is 25.5 Å². The Bertz CT molecular complexity index is 329. The fourth-order valence-corrected chi connectivity index (χ4v) is 1.93. The minimum atomic E-state index is 0.203. The zero-order valence-electron chi connectivity index (χ0n) is 8.93. The van der Waals surface area contributed by atoms with Crippen LogP contribution in [0.4, 0.5) is 0 Å². The molecule has 0 aliphatic heterocycles. The molecule has 0 aliphatic carbocycles. The second-order valence-electron chi connectivity index (χ2n) is 3.62. The number of halogens is 2. The number of nitrogens with one attached hydrogen (secondary N) is 1. The van der Waals surface area contributed by atoms with Gasteiger partial charge in [0.05, 0.1) is 0 Å². The maximum absolute atomic E-state index is 5.93. The third-order valence-corrected chi connectivity index (χ3v) is 2.69. The lowest BCUT2D eigenvalue weighted by Crippen LogP contribution is -2.26. The fourth-order valence-electron chi connectivity index (χ4n) is 1.38. The molecule has 0 saturated heterocycles. The van der Waals surface area contributed by atoms with Crippen molar-refractivity contribution < 1.29 is 0 Å². The quantitative estimate of drug-likeness (QED) is 0.782. The minimum Gasteiger partial charge on any atom is -0.304 e. The average molecular weight is 244 g/mol. The molecule has 0 radical (unpaired) electrons. The van der Waals surface area contributed by atoms with Crippen molar-refractivity contribution in [1.29, 1.82) is 0 Å². The minimum absolute atomic E-state index is 0.203. The van der Waals surface area contributed by atoms with E-state index < -0.39 is 0 Å². The van der Waals surface area contributed by atoms with Gasteiger partial charge in [0.1, 0.15) is 0 Å². The molecule has 2 atom stereocenters. The van der Waals surface area contributed by atoms with Crippen molar-refractivity contribution in [2.45, 2.75) is 25.9 Å². The Balaban J connectivity index is 2.81. The second kappa shape index (κ2) is 5.55. The van der Waals surface area contributed by atoms with E-state index in [0.29, 0.717) is 10.0 Å². The summed E-state index contributed by atoms with van der Waals surface area (Å²) in [6.45, 7) is 7.85. The monoisotopic (exact) mass is 243 g/mol. The SMILES string of the molecule is C=CC(C)NC(C)c1cc(Cl)cc(Cl)c1. The predicted octanol–water partition coefficient (Wildman–Crippen LogP) is 4.22. The van der Waals surface area contributed by atoms with Crippen LogP contribution in [0, 0.1) is 0 Å². The molecule has 1 aromatic carbocycles. The third-order valence-electron chi connectivity index (χ3n) is 2.25. The van der Waals surface area contributed by atoms with E-state index in [1.165, 1.54) is 0 Å². The van der Waals surface area contributed by atoms with Crippen molar-refractivity contribution >= 4 is 23.2 Å². The van der Waals surface area contributed by atoms with Crippen LogP contribution in [0.15, 0.2) is 30.9 Å². The van der Waals surface area contributed by atoms with E-state index in [0.717, 1.165) is 5.56 Å². The molecule has 1 aromatic rings. The number of rotatable bonds is 4. The lowest BCUT2D eigenvalue weighted by atomic mass is 10.1. The van der Waals surface area contributed by atoms with Crippen LogP contribution in [0.25, 0.3) is 0 Å². The van der Waals surface area contributed by atoms with Gasteiger partial charge in [0, 0.05) is 22.1 Å². The number of hydrogen-bond donors (Lipinski definition) is 1. The molecule has 15 heavy (non-hydrogen) atoms. The van der Waals surface area contributed by atoms with Gasteiger partial charge in [-0.25, -0.2) is 0 Å². The second-order valence-corrected chi connectivity index (χ2v) is 4.49. The van der Waals surface area contributed by atoms with Gasteiger partial charge in [0.25, 0.3) is 0 Å². The summed E-state index contributed by atoms with van der Waals surface area (Å²) >= 11 is 11.9. The first-order valence-corrected chi connectivity index (χ1v) is 5.63. The third kappa shape index (κ3) is 3.86. The molecule has 82 valence electrons. The summed E-state index contributed by atoms with van der Waals surface area (Å²) in [4.78, 5) is 0. The Kier molecular flexibility index (Phi) is 4.65. The van der Waals surface area contributed by atoms with Gasteiger partial charge in [-0.3, -0.25) is 0 Å². The summed E-state index contributed by atoms with van der Waals surface area (Å²) in [6.07, 6.45) is 1.86. The summed E-state index contributed by atoms with van der Waals surface area (Å²) < 4.78 is 0. The van der Waals surface area contributed by atoms with E-state index in [1.807, 2.05) is 18.2 Å². The van der Waals surface area contributed by atoms with Gasteiger partial charge in [-0.2, -0.15) is 0 Å². The first-order chi connectivity index (χ1) is 7.02. The van der Waals surface area contributed by atoms with E-state index in [4.69, 9.17) is 23.2 Å². The number of benzene rings is 1. The van der Waals surface area contributed by atoms with E-state index >= 15 is 0 Å². The molecular formula is C12H15Cl2N. The maximum atomic E-state index is 5.93. The van der Waals surface area contributed by atoms with E-state index in [1.54, 1.807) is 6.07 Å². The molecule has 0 amide bonds. The molecule has 2 unspecified atom stereocenters. The van der Waals surface area contributed by atoms with Gasteiger partial charge >= 0.3 is 0 Å².